The first kappa shape index (κ1) is 20.7. The summed E-state index contributed by atoms with van der Waals surface area (Å²) in [5.74, 6) is 1.33. The van der Waals surface area contributed by atoms with Gasteiger partial charge in [0.1, 0.15) is 6.61 Å². The normalized spacial score (nSPS) is 14.7. The van der Waals surface area contributed by atoms with Crippen molar-refractivity contribution in [2.75, 3.05) is 19.0 Å². The number of fused-ring (bicyclic) bond motifs is 1. The molecule has 1 aliphatic rings. The van der Waals surface area contributed by atoms with Gasteiger partial charge in [-0.3, -0.25) is 14.7 Å². The van der Waals surface area contributed by atoms with E-state index >= 15 is 0 Å². The number of carbonyl (C=O) groups is 2. The number of amides is 2. The molecule has 4 rings (SSSR count). The Morgan fingerprint density at radius 2 is 1.87 bits per heavy atom. The molecule has 0 unspecified atom stereocenters. The van der Waals surface area contributed by atoms with Crippen molar-refractivity contribution in [3.8, 4) is 17.2 Å². The number of hydrogen-bond acceptors (Lipinski definition) is 8. The predicted octanol–water partition coefficient (Wildman–Crippen LogP) is 3.14. The second kappa shape index (κ2) is 9.52. The number of thioether (sulfide) groups is 1. The van der Waals surface area contributed by atoms with Crippen LogP contribution in [0.15, 0.2) is 59.8 Å². The number of nitrogens with zero attached hydrogens (tertiary/aromatic N) is 3. The van der Waals surface area contributed by atoms with Crippen LogP contribution < -0.4 is 14.8 Å². The number of ether oxygens (including phenoxy) is 3. The fourth-order valence-electron chi connectivity index (χ4n) is 3.00. The number of benzene rings is 2. The van der Waals surface area contributed by atoms with Crippen LogP contribution in [-0.2, 0) is 9.53 Å². The first-order chi connectivity index (χ1) is 15.2. The van der Waals surface area contributed by atoms with E-state index < -0.39 is 18.1 Å². The molecule has 2 aromatic carbocycles. The molecule has 0 saturated carbocycles. The maximum Gasteiger partial charge on any atom is 0.413 e. The van der Waals surface area contributed by atoms with Crippen LogP contribution in [0.25, 0.3) is 5.69 Å². The van der Waals surface area contributed by atoms with Gasteiger partial charge in [-0.2, -0.15) is 0 Å². The van der Waals surface area contributed by atoms with Crippen molar-refractivity contribution in [3.63, 3.8) is 0 Å². The smallest absolute Gasteiger partial charge is 0.413 e. The Morgan fingerprint density at radius 3 is 2.65 bits per heavy atom. The highest BCUT2D eigenvalue weighted by molar-refractivity contribution is 7.99. The van der Waals surface area contributed by atoms with Crippen LogP contribution in [0.5, 0.6) is 11.5 Å². The van der Waals surface area contributed by atoms with Crippen LogP contribution in [0.3, 0.4) is 0 Å². The van der Waals surface area contributed by atoms with Gasteiger partial charge in [0.15, 0.2) is 28.6 Å². The fraction of sp³-hybridized carbons (Fsp3) is 0.238. The van der Waals surface area contributed by atoms with Crippen LogP contribution in [0.1, 0.15) is 18.9 Å². The molecule has 0 saturated heterocycles. The lowest BCUT2D eigenvalue weighted by Crippen LogP contribution is -2.32. The Bertz CT molecular complexity index is 1070. The highest BCUT2D eigenvalue weighted by Crippen LogP contribution is 2.36. The van der Waals surface area contributed by atoms with E-state index in [4.69, 9.17) is 14.2 Å². The van der Waals surface area contributed by atoms with Gasteiger partial charge in [0, 0.05) is 5.69 Å². The monoisotopic (exact) mass is 440 g/mol. The average molecular weight is 440 g/mol. The number of aromatic nitrogens is 3. The molecule has 1 N–H and O–H groups in total. The van der Waals surface area contributed by atoms with E-state index in [1.807, 2.05) is 59.2 Å². The number of imide groups is 1. The molecule has 2 amide bonds. The summed E-state index contributed by atoms with van der Waals surface area (Å²) in [4.78, 5) is 23.5. The minimum Gasteiger partial charge on any atom is -0.485 e. The van der Waals surface area contributed by atoms with Crippen LogP contribution in [0.4, 0.5) is 4.79 Å². The molecule has 0 fully saturated rings. The van der Waals surface area contributed by atoms with E-state index in [1.165, 1.54) is 0 Å². The quantitative estimate of drug-likeness (QED) is 0.583. The summed E-state index contributed by atoms with van der Waals surface area (Å²) in [6.07, 6.45) is -1.25. The van der Waals surface area contributed by atoms with Gasteiger partial charge >= 0.3 is 6.09 Å². The predicted molar refractivity (Wildman–Crippen MR) is 113 cm³/mol. The molecule has 1 aromatic heterocycles. The lowest BCUT2D eigenvalue weighted by atomic mass is 10.2. The van der Waals surface area contributed by atoms with Gasteiger partial charge in [0.25, 0.3) is 0 Å². The van der Waals surface area contributed by atoms with Gasteiger partial charge in [-0.15, -0.1) is 10.2 Å². The van der Waals surface area contributed by atoms with Crippen molar-refractivity contribution in [1.29, 1.82) is 0 Å². The lowest BCUT2D eigenvalue weighted by molar-refractivity contribution is -0.117. The van der Waals surface area contributed by atoms with Crippen molar-refractivity contribution >= 4 is 23.8 Å². The number of nitrogens with one attached hydrogen (secondary N) is 1. The number of rotatable bonds is 6. The largest absolute Gasteiger partial charge is 0.485 e. The van der Waals surface area contributed by atoms with E-state index in [1.54, 1.807) is 6.92 Å². The molecule has 31 heavy (non-hydrogen) atoms. The molecule has 0 spiro atoms. The molecule has 3 aromatic rings. The molecule has 160 valence electrons. The summed E-state index contributed by atoms with van der Waals surface area (Å²) < 4.78 is 18.5. The molecular formula is C21H20N4O5S. The van der Waals surface area contributed by atoms with Gasteiger partial charge in [-0.1, -0.05) is 42.1 Å². The molecule has 1 aliphatic heterocycles. The van der Waals surface area contributed by atoms with E-state index in [9.17, 15) is 9.59 Å². The SMILES string of the molecule is CCOC(=O)NC(=O)CSc1nnc([C@H]2COc3ccccc3O2)n1-c1ccccc1. The third-order valence-corrected chi connectivity index (χ3v) is 5.25. The first-order valence-corrected chi connectivity index (χ1v) is 10.6. The van der Waals surface area contributed by atoms with Gasteiger partial charge in [-0.25, -0.2) is 4.79 Å². The molecule has 0 aliphatic carbocycles. The van der Waals surface area contributed by atoms with Crippen molar-refractivity contribution < 1.29 is 23.8 Å². The van der Waals surface area contributed by atoms with E-state index in [-0.39, 0.29) is 19.0 Å². The lowest BCUT2D eigenvalue weighted by Gasteiger charge is -2.26. The van der Waals surface area contributed by atoms with Crippen LogP contribution >= 0.6 is 11.8 Å². The van der Waals surface area contributed by atoms with E-state index in [2.05, 4.69) is 15.5 Å². The van der Waals surface area contributed by atoms with E-state index in [0.717, 1.165) is 17.4 Å². The second-order valence-electron chi connectivity index (χ2n) is 6.43. The maximum absolute atomic E-state index is 12.1. The molecule has 2 heterocycles. The van der Waals surface area contributed by atoms with E-state index in [0.29, 0.717) is 22.5 Å². The molecular weight excluding hydrogens is 420 g/mol. The standard InChI is InChI=1S/C21H20N4O5S/c1-2-28-21(27)22-18(26)13-31-20-24-23-19(25(20)14-8-4-3-5-9-14)17-12-29-15-10-6-7-11-16(15)30-17/h3-11,17H,2,12-13H2,1H3,(H,22,26,27)/t17-/m1/s1. The average Bonchev–Trinajstić information content (AvgIpc) is 3.22. The maximum atomic E-state index is 12.1. The molecule has 9 nitrogen and oxygen atoms in total. The summed E-state index contributed by atoms with van der Waals surface area (Å²) >= 11 is 1.15. The number of carbonyl (C=O) groups excluding carboxylic acids is 2. The van der Waals surface area contributed by atoms with Gasteiger partial charge in [0.05, 0.1) is 12.4 Å². The molecule has 10 heteroatoms. The van der Waals surface area contributed by atoms with Crippen molar-refractivity contribution in [2.45, 2.75) is 18.2 Å². The number of para-hydroxylation sites is 3. The summed E-state index contributed by atoms with van der Waals surface area (Å²) in [6.45, 7) is 2.12. The molecule has 1 atom stereocenters. The number of alkyl carbamates (subject to hydrolysis) is 1. The Hall–Kier alpha value is -3.53. The summed E-state index contributed by atoms with van der Waals surface area (Å²) in [6, 6.07) is 16.9. The zero-order valence-corrected chi connectivity index (χ0v) is 17.5. The number of hydrogen-bond donors (Lipinski definition) is 1. The Kier molecular flexibility index (Phi) is 6.37. The molecule has 0 bridgehead atoms. The minimum absolute atomic E-state index is 0.0331. The second-order valence-corrected chi connectivity index (χ2v) is 7.38. The Balaban J connectivity index is 1.57. The topological polar surface area (TPSA) is 105 Å². The van der Waals surface area contributed by atoms with Gasteiger partial charge < -0.3 is 14.2 Å². The van der Waals surface area contributed by atoms with Crippen LogP contribution in [0.2, 0.25) is 0 Å². The minimum atomic E-state index is -0.773. The van der Waals surface area contributed by atoms with Gasteiger partial charge in [-0.05, 0) is 31.2 Å². The highest BCUT2D eigenvalue weighted by Gasteiger charge is 2.29. The van der Waals surface area contributed by atoms with Crippen molar-refractivity contribution in [2.24, 2.45) is 0 Å². The van der Waals surface area contributed by atoms with Crippen LogP contribution in [0, 0.1) is 0 Å². The molecule has 0 radical (unpaired) electrons. The van der Waals surface area contributed by atoms with Crippen molar-refractivity contribution in [3.05, 3.63) is 60.4 Å². The van der Waals surface area contributed by atoms with Gasteiger partial charge in [0.2, 0.25) is 5.91 Å². The summed E-state index contributed by atoms with van der Waals surface area (Å²) in [5.41, 5.74) is 0.818. The highest BCUT2D eigenvalue weighted by atomic mass is 32.2. The zero-order valence-electron chi connectivity index (χ0n) is 16.7. The Labute approximate surface area is 182 Å². The summed E-state index contributed by atoms with van der Waals surface area (Å²) in [5, 5.41) is 11.2. The van der Waals surface area contributed by atoms with Crippen molar-refractivity contribution in [1.82, 2.24) is 20.1 Å². The Morgan fingerprint density at radius 1 is 1.13 bits per heavy atom. The first-order valence-electron chi connectivity index (χ1n) is 9.64. The third kappa shape index (κ3) is 4.80. The third-order valence-electron chi connectivity index (χ3n) is 4.32. The zero-order chi connectivity index (χ0) is 21.6. The summed E-state index contributed by atoms with van der Waals surface area (Å²) in [7, 11) is 0. The fourth-order valence-corrected chi connectivity index (χ4v) is 3.76. The van der Waals surface area contributed by atoms with Crippen LogP contribution in [-0.4, -0.2) is 45.7 Å².